The van der Waals surface area contributed by atoms with Gasteiger partial charge in [-0.1, -0.05) is 60.7 Å². The molecule has 0 heterocycles. The number of hydrogen-bond donors (Lipinski definition) is 3. The summed E-state index contributed by atoms with van der Waals surface area (Å²) in [5, 5.41) is 13.2. The summed E-state index contributed by atoms with van der Waals surface area (Å²) in [6.45, 7) is 1.83. The fraction of sp³-hybridized carbons (Fsp3) is 0.391. The van der Waals surface area contributed by atoms with Crippen molar-refractivity contribution < 1.29 is 24.2 Å². The van der Waals surface area contributed by atoms with Gasteiger partial charge in [-0.2, -0.15) is 0 Å². The molecule has 30 heavy (non-hydrogen) atoms. The van der Waals surface area contributed by atoms with Crippen molar-refractivity contribution in [2.45, 2.75) is 56.6 Å². The van der Waals surface area contributed by atoms with Crippen LogP contribution in [0.25, 0.3) is 0 Å². The molecule has 2 aromatic carbocycles. The molecule has 1 aliphatic carbocycles. The van der Waals surface area contributed by atoms with Gasteiger partial charge in [0, 0.05) is 0 Å². The highest BCUT2D eigenvalue weighted by Gasteiger charge is 2.51. The number of esters is 1. The number of alkyl carbamates (subject to hydrolysis) is 1. The van der Waals surface area contributed by atoms with Crippen molar-refractivity contribution in [3.05, 3.63) is 71.8 Å². The Hall–Kier alpha value is -2.90. The van der Waals surface area contributed by atoms with Gasteiger partial charge in [0.1, 0.15) is 18.8 Å². The zero-order valence-corrected chi connectivity index (χ0v) is 17.0. The van der Waals surface area contributed by atoms with Gasteiger partial charge in [0.2, 0.25) is 0 Å². The fourth-order valence-corrected chi connectivity index (χ4v) is 3.56. The van der Waals surface area contributed by atoms with Crippen LogP contribution in [0, 0.1) is 0 Å². The van der Waals surface area contributed by atoms with Crippen LogP contribution < -0.4 is 11.1 Å². The summed E-state index contributed by atoms with van der Waals surface area (Å²) in [6.07, 6.45) is -0.0877. The standard InChI is InChI=1S/C23H28N2O5/c1-22(28)12-13-23(24,20(26)29-15-17-8-4-2-5-9-17)19(14-22)25-21(27)30-16-18-10-6-3-7-11-18/h2-11,19,28H,12-16,24H2,1H3,(H,25,27). The van der Waals surface area contributed by atoms with Crippen LogP contribution in [0.5, 0.6) is 0 Å². The number of ether oxygens (including phenoxy) is 2. The second kappa shape index (κ2) is 9.28. The van der Waals surface area contributed by atoms with Crippen LogP contribution in [0.2, 0.25) is 0 Å². The minimum atomic E-state index is -1.46. The molecule has 7 heteroatoms. The van der Waals surface area contributed by atoms with Gasteiger partial charge in [0.25, 0.3) is 0 Å². The molecule has 3 atom stereocenters. The molecule has 160 valence electrons. The fourth-order valence-electron chi connectivity index (χ4n) is 3.56. The molecule has 0 radical (unpaired) electrons. The van der Waals surface area contributed by atoms with Crippen molar-refractivity contribution in [3.63, 3.8) is 0 Å². The first-order chi connectivity index (χ1) is 14.3. The van der Waals surface area contributed by atoms with E-state index in [0.29, 0.717) is 6.42 Å². The summed E-state index contributed by atoms with van der Waals surface area (Å²) in [5.41, 5.74) is 5.60. The van der Waals surface area contributed by atoms with Crippen molar-refractivity contribution in [2.75, 3.05) is 0 Å². The van der Waals surface area contributed by atoms with Gasteiger partial charge in [0.15, 0.2) is 0 Å². The minimum Gasteiger partial charge on any atom is -0.459 e. The summed E-state index contributed by atoms with van der Waals surface area (Å²) < 4.78 is 10.7. The zero-order valence-electron chi connectivity index (χ0n) is 17.0. The maximum absolute atomic E-state index is 12.9. The third kappa shape index (κ3) is 5.58. The van der Waals surface area contributed by atoms with E-state index in [0.717, 1.165) is 11.1 Å². The molecule has 7 nitrogen and oxygen atoms in total. The van der Waals surface area contributed by atoms with E-state index >= 15 is 0 Å². The Balaban J connectivity index is 1.64. The maximum Gasteiger partial charge on any atom is 0.407 e. The van der Waals surface area contributed by atoms with E-state index in [1.807, 2.05) is 60.7 Å². The van der Waals surface area contributed by atoms with Crippen molar-refractivity contribution >= 4 is 12.1 Å². The average molecular weight is 412 g/mol. The molecule has 1 amide bonds. The summed E-state index contributed by atoms with van der Waals surface area (Å²) >= 11 is 0. The molecular weight excluding hydrogens is 384 g/mol. The highest BCUT2D eigenvalue weighted by Crippen LogP contribution is 2.34. The highest BCUT2D eigenvalue weighted by molar-refractivity contribution is 5.83. The van der Waals surface area contributed by atoms with E-state index in [1.54, 1.807) is 6.92 Å². The van der Waals surface area contributed by atoms with Gasteiger partial charge in [-0.3, -0.25) is 0 Å². The van der Waals surface area contributed by atoms with E-state index in [1.165, 1.54) is 0 Å². The summed E-state index contributed by atoms with van der Waals surface area (Å²) in [7, 11) is 0. The quantitative estimate of drug-likeness (QED) is 0.629. The van der Waals surface area contributed by atoms with E-state index in [-0.39, 0.29) is 26.1 Å². The minimum absolute atomic E-state index is 0.0835. The SMILES string of the molecule is CC1(O)CCC(N)(C(=O)OCc2ccccc2)C(NC(=O)OCc2ccccc2)C1. The third-order valence-electron chi connectivity index (χ3n) is 5.44. The lowest BCUT2D eigenvalue weighted by atomic mass is 9.71. The van der Waals surface area contributed by atoms with Gasteiger partial charge in [-0.05, 0) is 37.3 Å². The number of nitrogens with two attached hydrogens (primary N) is 1. The molecular formula is C23H28N2O5. The van der Waals surface area contributed by atoms with Gasteiger partial charge >= 0.3 is 12.1 Å². The topological polar surface area (TPSA) is 111 Å². The lowest BCUT2D eigenvalue weighted by Gasteiger charge is -2.44. The maximum atomic E-state index is 12.9. The van der Waals surface area contributed by atoms with Gasteiger partial charge < -0.3 is 25.6 Å². The first-order valence-corrected chi connectivity index (χ1v) is 9.98. The lowest BCUT2D eigenvalue weighted by Crippen LogP contribution is -2.68. The monoisotopic (exact) mass is 412 g/mol. The summed E-state index contributed by atoms with van der Waals surface area (Å²) in [6, 6.07) is 17.7. The second-order valence-electron chi connectivity index (χ2n) is 8.06. The third-order valence-corrected chi connectivity index (χ3v) is 5.44. The molecule has 2 aromatic rings. The molecule has 1 saturated carbocycles. The van der Waals surface area contributed by atoms with E-state index < -0.39 is 29.2 Å². The molecule has 4 N–H and O–H groups in total. The smallest absolute Gasteiger partial charge is 0.407 e. The second-order valence-corrected chi connectivity index (χ2v) is 8.06. The largest absolute Gasteiger partial charge is 0.459 e. The molecule has 3 rings (SSSR count). The van der Waals surface area contributed by atoms with E-state index in [4.69, 9.17) is 15.2 Å². The zero-order chi connectivity index (χ0) is 21.6. The van der Waals surface area contributed by atoms with Crippen molar-refractivity contribution in [1.82, 2.24) is 5.32 Å². The Kier molecular flexibility index (Phi) is 6.74. The van der Waals surface area contributed by atoms with Crippen LogP contribution >= 0.6 is 0 Å². The first-order valence-electron chi connectivity index (χ1n) is 9.98. The lowest BCUT2D eigenvalue weighted by molar-refractivity contribution is -0.156. The molecule has 1 fully saturated rings. The Morgan fingerprint density at radius 2 is 1.53 bits per heavy atom. The van der Waals surface area contributed by atoms with Crippen molar-refractivity contribution in [3.8, 4) is 0 Å². The molecule has 0 saturated heterocycles. The molecule has 1 aliphatic rings. The van der Waals surface area contributed by atoms with Gasteiger partial charge in [0.05, 0.1) is 11.6 Å². The van der Waals surface area contributed by atoms with Crippen molar-refractivity contribution in [1.29, 1.82) is 0 Å². The van der Waals surface area contributed by atoms with Gasteiger partial charge in [-0.15, -0.1) is 0 Å². The number of carbonyl (C=O) groups excluding carboxylic acids is 2. The molecule has 0 spiro atoms. The van der Waals surface area contributed by atoms with Crippen LogP contribution in [0.3, 0.4) is 0 Å². The predicted molar refractivity (Wildman–Crippen MR) is 111 cm³/mol. The van der Waals surface area contributed by atoms with Gasteiger partial charge in [-0.25, -0.2) is 9.59 Å². The number of hydrogen-bond acceptors (Lipinski definition) is 6. The van der Waals surface area contributed by atoms with Crippen LogP contribution in [0.15, 0.2) is 60.7 Å². The summed E-state index contributed by atoms with van der Waals surface area (Å²) in [4.78, 5) is 25.2. The molecule has 0 aliphatic heterocycles. The number of carbonyl (C=O) groups is 2. The summed E-state index contributed by atoms with van der Waals surface area (Å²) in [5.74, 6) is -0.616. The van der Waals surface area contributed by atoms with Crippen LogP contribution in [-0.4, -0.2) is 34.4 Å². The Bertz CT molecular complexity index is 856. The Morgan fingerprint density at radius 1 is 1.00 bits per heavy atom. The van der Waals surface area contributed by atoms with Crippen LogP contribution in [0.1, 0.15) is 37.3 Å². The van der Waals surface area contributed by atoms with Crippen molar-refractivity contribution in [2.24, 2.45) is 5.73 Å². The number of benzene rings is 2. The average Bonchev–Trinajstić information content (AvgIpc) is 2.74. The number of amides is 1. The molecule has 0 aromatic heterocycles. The molecule has 0 bridgehead atoms. The number of nitrogens with one attached hydrogen (secondary N) is 1. The predicted octanol–water partition coefficient (Wildman–Crippen LogP) is 2.66. The first kappa shape index (κ1) is 21.8. The number of rotatable bonds is 6. The highest BCUT2D eigenvalue weighted by atomic mass is 16.5. The molecule has 3 unspecified atom stereocenters. The van der Waals surface area contributed by atoms with E-state index in [2.05, 4.69) is 5.32 Å². The number of aliphatic hydroxyl groups is 1. The Morgan fingerprint density at radius 3 is 2.10 bits per heavy atom. The van der Waals surface area contributed by atoms with E-state index in [9.17, 15) is 14.7 Å². The van der Waals surface area contributed by atoms with Crippen LogP contribution in [0.4, 0.5) is 4.79 Å². The normalized spacial score (nSPS) is 25.9. The Labute approximate surface area is 176 Å². The van der Waals surface area contributed by atoms with Crippen LogP contribution in [-0.2, 0) is 27.5 Å².